The second-order valence-corrected chi connectivity index (χ2v) is 5.79. The summed E-state index contributed by atoms with van der Waals surface area (Å²) in [7, 11) is 3.20. The normalized spacial score (nSPS) is 11.1. The Morgan fingerprint density at radius 1 is 1.08 bits per heavy atom. The SMILES string of the molecule is COc1cc(Cn2cnc3c([nH]c4ccccc43)c2=O)cc(OC)c1. The van der Waals surface area contributed by atoms with Crippen molar-refractivity contribution in [3.8, 4) is 11.5 Å². The number of para-hydroxylation sites is 1. The Labute approximate surface area is 143 Å². The average molecular weight is 335 g/mol. The fraction of sp³-hybridized carbons (Fsp3) is 0.158. The molecule has 0 spiro atoms. The van der Waals surface area contributed by atoms with Crippen LogP contribution in [-0.2, 0) is 6.54 Å². The molecule has 4 rings (SSSR count). The summed E-state index contributed by atoms with van der Waals surface area (Å²) in [4.78, 5) is 20.5. The van der Waals surface area contributed by atoms with E-state index in [1.165, 1.54) is 0 Å². The highest BCUT2D eigenvalue weighted by Crippen LogP contribution is 2.24. The Morgan fingerprint density at radius 2 is 1.80 bits per heavy atom. The third-order valence-corrected chi connectivity index (χ3v) is 4.24. The van der Waals surface area contributed by atoms with Gasteiger partial charge in [0.2, 0.25) is 0 Å². The van der Waals surface area contributed by atoms with Crippen molar-refractivity contribution >= 4 is 21.9 Å². The van der Waals surface area contributed by atoms with Gasteiger partial charge in [-0.25, -0.2) is 4.98 Å². The molecular formula is C19H17N3O3. The minimum Gasteiger partial charge on any atom is -0.497 e. The number of methoxy groups -OCH3 is 2. The van der Waals surface area contributed by atoms with Crippen LogP contribution in [0.3, 0.4) is 0 Å². The summed E-state index contributed by atoms with van der Waals surface area (Å²) in [5.41, 5.74) is 2.90. The average Bonchev–Trinajstić information content (AvgIpc) is 3.03. The molecule has 0 aliphatic carbocycles. The zero-order valence-corrected chi connectivity index (χ0v) is 13.9. The van der Waals surface area contributed by atoms with Crippen molar-refractivity contribution in [2.24, 2.45) is 0 Å². The molecule has 4 aromatic rings. The molecule has 0 bridgehead atoms. The first-order valence-corrected chi connectivity index (χ1v) is 7.87. The molecule has 0 fully saturated rings. The Hall–Kier alpha value is -3.28. The highest BCUT2D eigenvalue weighted by molar-refractivity contribution is 6.04. The Balaban J connectivity index is 1.81. The molecule has 2 aromatic carbocycles. The molecule has 2 aromatic heterocycles. The first-order valence-electron chi connectivity index (χ1n) is 7.87. The van der Waals surface area contributed by atoms with Gasteiger partial charge in [0.15, 0.2) is 0 Å². The van der Waals surface area contributed by atoms with Crippen LogP contribution in [0, 0.1) is 0 Å². The van der Waals surface area contributed by atoms with Crippen molar-refractivity contribution in [3.05, 3.63) is 64.7 Å². The zero-order chi connectivity index (χ0) is 17.4. The number of aromatic nitrogens is 3. The van der Waals surface area contributed by atoms with Crippen LogP contribution in [0.25, 0.3) is 21.9 Å². The Kier molecular flexibility index (Phi) is 3.65. The highest BCUT2D eigenvalue weighted by atomic mass is 16.5. The predicted molar refractivity (Wildman–Crippen MR) is 96.5 cm³/mol. The van der Waals surface area contributed by atoms with Crippen molar-refractivity contribution < 1.29 is 9.47 Å². The van der Waals surface area contributed by atoms with Crippen LogP contribution >= 0.6 is 0 Å². The number of benzene rings is 2. The van der Waals surface area contributed by atoms with Crippen LogP contribution in [0.1, 0.15) is 5.56 Å². The maximum Gasteiger partial charge on any atom is 0.277 e. The molecule has 2 heterocycles. The van der Waals surface area contributed by atoms with Gasteiger partial charge in [0.05, 0.1) is 27.1 Å². The number of H-pyrrole nitrogens is 1. The van der Waals surface area contributed by atoms with Crippen molar-refractivity contribution in [1.29, 1.82) is 0 Å². The molecule has 6 heteroatoms. The summed E-state index contributed by atoms with van der Waals surface area (Å²) in [5, 5.41) is 0.949. The van der Waals surface area contributed by atoms with E-state index >= 15 is 0 Å². The van der Waals surface area contributed by atoms with E-state index in [9.17, 15) is 4.79 Å². The van der Waals surface area contributed by atoms with Gasteiger partial charge in [0, 0.05) is 17.0 Å². The van der Waals surface area contributed by atoms with Crippen LogP contribution in [-0.4, -0.2) is 28.8 Å². The third kappa shape index (κ3) is 2.61. The lowest BCUT2D eigenvalue weighted by molar-refractivity contribution is 0.393. The topological polar surface area (TPSA) is 69.1 Å². The fourth-order valence-electron chi connectivity index (χ4n) is 3.01. The third-order valence-electron chi connectivity index (χ3n) is 4.24. The van der Waals surface area contributed by atoms with Gasteiger partial charge in [-0.2, -0.15) is 0 Å². The molecule has 0 radical (unpaired) electrons. The predicted octanol–water partition coefficient (Wildman–Crippen LogP) is 2.94. The van der Waals surface area contributed by atoms with Crippen LogP contribution in [0.4, 0.5) is 0 Å². The number of nitrogens with zero attached hydrogens (tertiary/aromatic N) is 2. The summed E-state index contributed by atoms with van der Waals surface area (Å²) >= 11 is 0. The smallest absolute Gasteiger partial charge is 0.277 e. The number of nitrogens with one attached hydrogen (secondary N) is 1. The molecule has 6 nitrogen and oxygen atoms in total. The van der Waals surface area contributed by atoms with Gasteiger partial charge in [-0.05, 0) is 23.8 Å². The van der Waals surface area contributed by atoms with Crippen molar-refractivity contribution in [2.45, 2.75) is 6.54 Å². The number of hydrogen-bond donors (Lipinski definition) is 1. The van der Waals surface area contributed by atoms with Crippen LogP contribution in [0.15, 0.2) is 53.6 Å². The molecule has 0 unspecified atom stereocenters. The minimum atomic E-state index is -0.108. The van der Waals surface area contributed by atoms with E-state index in [-0.39, 0.29) is 5.56 Å². The van der Waals surface area contributed by atoms with E-state index in [4.69, 9.17) is 9.47 Å². The van der Waals surface area contributed by atoms with E-state index < -0.39 is 0 Å². The van der Waals surface area contributed by atoms with E-state index in [0.717, 1.165) is 16.5 Å². The second kappa shape index (κ2) is 5.98. The lowest BCUT2D eigenvalue weighted by Crippen LogP contribution is -2.21. The summed E-state index contributed by atoms with van der Waals surface area (Å²) < 4.78 is 12.1. The van der Waals surface area contributed by atoms with Gasteiger partial charge in [-0.15, -0.1) is 0 Å². The van der Waals surface area contributed by atoms with Crippen LogP contribution in [0.2, 0.25) is 0 Å². The first kappa shape index (κ1) is 15.3. The lowest BCUT2D eigenvalue weighted by atomic mass is 10.2. The molecule has 1 N–H and O–H groups in total. The molecule has 0 atom stereocenters. The number of rotatable bonds is 4. The number of fused-ring (bicyclic) bond motifs is 3. The minimum absolute atomic E-state index is 0.108. The van der Waals surface area contributed by atoms with Gasteiger partial charge in [0.1, 0.15) is 22.5 Å². The van der Waals surface area contributed by atoms with E-state index in [2.05, 4.69) is 9.97 Å². The van der Waals surface area contributed by atoms with Gasteiger partial charge in [-0.3, -0.25) is 9.36 Å². The largest absolute Gasteiger partial charge is 0.497 e. The van der Waals surface area contributed by atoms with E-state index in [1.807, 2.05) is 36.4 Å². The van der Waals surface area contributed by atoms with Gasteiger partial charge in [-0.1, -0.05) is 18.2 Å². The molecule has 126 valence electrons. The monoisotopic (exact) mass is 335 g/mol. The van der Waals surface area contributed by atoms with Crippen molar-refractivity contribution in [3.63, 3.8) is 0 Å². The Bertz CT molecular complexity index is 1110. The zero-order valence-electron chi connectivity index (χ0n) is 13.9. The summed E-state index contributed by atoms with van der Waals surface area (Å²) in [6.07, 6.45) is 1.58. The van der Waals surface area contributed by atoms with Gasteiger partial charge < -0.3 is 14.5 Å². The molecule has 25 heavy (non-hydrogen) atoms. The lowest BCUT2D eigenvalue weighted by Gasteiger charge is -2.10. The second-order valence-electron chi connectivity index (χ2n) is 5.79. The molecular weight excluding hydrogens is 318 g/mol. The quantitative estimate of drug-likeness (QED) is 0.622. The summed E-state index contributed by atoms with van der Waals surface area (Å²) in [5.74, 6) is 1.36. The van der Waals surface area contributed by atoms with Crippen LogP contribution < -0.4 is 15.0 Å². The van der Waals surface area contributed by atoms with E-state index in [1.54, 1.807) is 31.2 Å². The van der Waals surface area contributed by atoms with Gasteiger partial charge in [0.25, 0.3) is 5.56 Å². The Morgan fingerprint density at radius 3 is 2.52 bits per heavy atom. The molecule has 0 saturated carbocycles. The maximum atomic E-state index is 12.8. The van der Waals surface area contributed by atoms with Crippen LogP contribution in [0.5, 0.6) is 11.5 Å². The molecule has 0 aliphatic rings. The maximum absolute atomic E-state index is 12.8. The highest BCUT2D eigenvalue weighted by Gasteiger charge is 2.11. The fourth-order valence-corrected chi connectivity index (χ4v) is 3.01. The number of ether oxygens (including phenoxy) is 2. The van der Waals surface area contributed by atoms with E-state index in [0.29, 0.717) is 29.1 Å². The molecule has 0 saturated heterocycles. The van der Waals surface area contributed by atoms with Crippen molar-refractivity contribution in [1.82, 2.24) is 14.5 Å². The standard InChI is InChI=1S/C19H17N3O3/c1-24-13-7-12(8-14(9-13)25-2)10-22-11-20-17-15-5-3-4-6-16(15)21-18(17)19(22)23/h3-9,11,21H,10H2,1-2H3. The van der Waals surface area contributed by atoms with Crippen molar-refractivity contribution in [2.75, 3.05) is 14.2 Å². The summed E-state index contributed by atoms with van der Waals surface area (Å²) in [6.45, 7) is 0.380. The van der Waals surface area contributed by atoms with Gasteiger partial charge >= 0.3 is 0 Å². The molecule has 0 amide bonds. The summed E-state index contributed by atoms with van der Waals surface area (Å²) in [6, 6.07) is 13.3. The first-order chi connectivity index (χ1) is 12.2. The number of hydrogen-bond acceptors (Lipinski definition) is 4. The number of aromatic amines is 1. The molecule has 0 aliphatic heterocycles.